The third-order valence-electron chi connectivity index (χ3n) is 5.08. The number of hydrogen-bond acceptors (Lipinski definition) is 7. The monoisotopic (exact) mass is 467 g/mol. The van der Waals surface area contributed by atoms with E-state index in [0.717, 1.165) is 38.3 Å². The van der Waals surface area contributed by atoms with E-state index >= 15 is 0 Å². The first-order valence-electron chi connectivity index (χ1n) is 9.93. The van der Waals surface area contributed by atoms with Crippen molar-refractivity contribution >= 4 is 29.6 Å². The minimum Gasteiger partial charge on any atom is -0.760 e. The van der Waals surface area contributed by atoms with Crippen molar-refractivity contribution in [3.63, 3.8) is 0 Å². The molecule has 1 aromatic heterocycles. The summed E-state index contributed by atoms with van der Waals surface area (Å²) in [6.07, 6.45) is 2.01. The predicted octanol–water partition coefficient (Wildman–Crippen LogP) is 1.53. The third kappa shape index (κ3) is 7.95. The Balaban J connectivity index is 0.00000341. The molecular formula is C21H28ClN4O4S-. The average Bonchev–Trinajstić information content (AvgIpc) is 2.78. The number of aromatic nitrogens is 1. The van der Waals surface area contributed by atoms with E-state index in [1.54, 1.807) is 12.1 Å². The number of carbonyl (C=O) groups is 1. The number of nitrogens with one attached hydrogen (secondary N) is 1. The van der Waals surface area contributed by atoms with E-state index in [-0.39, 0.29) is 19.0 Å². The molecule has 1 atom stereocenters. The highest BCUT2D eigenvalue weighted by Gasteiger charge is 2.12. The van der Waals surface area contributed by atoms with Gasteiger partial charge in [0.2, 0.25) is 0 Å². The van der Waals surface area contributed by atoms with E-state index in [1.165, 1.54) is 23.2 Å². The van der Waals surface area contributed by atoms with Gasteiger partial charge in [-0.1, -0.05) is 24.3 Å². The van der Waals surface area contributed by atoms with Crippen LogP contribution in [-0.2, 0) is 35.5 Å². The maximum absolute atomic E-state index is 11.6. The number of carbonyl (C=O) groups excluding carboxylic acids is 1. The first-order chi connectivity index (χ1) is 14.5. The average molecular weight is 468 g/mol. The Hall–Kier alpha value is -1.88. The number of nitrogens with zero attached hydrogens (tertiary/aromatic N) is 3. The smallest absolute Gasteiger partial charge is 0.339 e. The van der Waals surface area contributed by atoms with E-state index in [4.69, 9.17) is 0 Å². The lowest BCUT2D eigenvalue weighted by molar-refractivity contribution is 0.0600. The Morgan fingerprint density at radius 1 is 1.19 bits per heavy atom. The van der Waals surface area contributed by atoms with E-state index < -0.39 is 17.2 Å². The zero-order chi connectivity index (χ0) is 21.3. The summed E-state index contributed by atoms with van der Waals surface area (Å²) in [5.74, 6) is -0.473. The molecule has 0 aliphatic carbocycles. The topological polar surface area (TPSA) is 97.8 Å². The number of esters is 1. The van der Waals surface area contributed by atoms with Crippen LogP contribution < -0.4 is 5.32 Å². The summed E-state index contributed by atoms with van der Waals surface area (Å²) in [4.78, 5) is 18.1. The molecule has 1 unspecified atom stereocenters. The molecule has 1 saturated heterocycles. The molecule has 0 radical (unpaired) electrons. The molecule has 1 N–H and O–H groups in total. The van der Waals surface area contributed by atoms with Gasteiger partial charge < -0.3 is 14.6 Å². The molecule has 3 rings (SSSR count). The molecule has 0 saturated carbocycles. The van der Waals surface area contributed by atoms with Crippen LogP contribution in [0.5, 0.6) is 0 Å². The van der Waals surface area contributed by atoms with Gasteiger partial charge in [-0.3, -0.25) is 14.1 Å². The first-order valence-corrected chi connectivity index (χ1v) is 11.0. The van der Waals surface area contributed by atoms with Gasteiger partial charge in [-0.25, -0.2) is 9.10 Å². The van der Waals surface area contributed by atoms with Gasteiger partial charge in [0.15, 0.2) is 0 Å². The van der Waals surface area contributed by atoms with Gasteiger partial charge in [-0.2, -0.15) is 0 Å². The maximum atomic E-state index is 11.6. The number of rotatable bonds is 9. The van der Waals surface area contributed by atoms with Crippen LogP contribution in [0.1, 0.15) is 27.2 Å². The number of halogens is 1. The predicted molar refractivity (Wildman–Crippen MR) is 120 cm³/mol. The summed E-state index contributed by atoms with van der Waals surface area (Å²) in [6.45, 7) is 5.61. The molecule has 1 aromatic carbocycles. The Morgan fingerprint density at radius 2 is 1.87 bits per heavy atom. The van der Waals surface area contributed by atoms with Crippen LogP contribution in [0, 0.1) is 0 Å². The van der Waals surface area contributed by atoms with Crippen molar-refractivity contribution < 1.29 is 18.3 Å². The Bertz CT molecular complexity index is 845. The van der Waals surface area contributed by atoms with Gasteiger partial charge in [-0.15, -0.1) is 12.4 Å². The van der Waals surface area contributed by atoms with Crippen LogP contribution >= 0.6 is 12.4 Å². The Labute approximate surface area is 191 Å². The van der Waals surface area contributed by atoms with Crippen LogP contribution in [0.3, 0.4) is 0 Å². The number of benzene rings is 1. The molecule has 31 heavy (non-hydrogen) atoms. The Kier molecular flexibility index (Phi) is 10.5. The zero-order valence-electron chi connectivity index (χ0n) is 17.5. The fraction of sp³-hybridized carbons (Fsp3) is 0.429. The van der Waals surface area contributed by atoms with Crippen LogP contribution in [0.4, 0.5) is 0 Å². The van der Waals surface area contributed by atoms with Crippen LogP contribution in [0.15, 0.2) is 42.6 Å². The number of piperazine rings is 1. The van der Waals surface area contributed by atoms with Crippen molar-refractivity contribution in [2.45, 2.75) is 19.5 Å². The minimum atomic E-state index is -2.36. The largest absolute Gasteiger partial charge is 0.760 e. The van der Waals surface area contributed by atoms with Crippen LogP contribution in [0.2, 0.25) is 0 Å². The van der Waals surface area contributed by atoms with Gasteiger partial charge in [0.1, 0.15) is 0 Å². The van der Waals surface area contributed by atoms with Crippen LogP contribution in [0.25, 0.3) is 0 Å². The second kappa shape index (κ2) is 12.8. The highest BCUT2D eigenvalue weighted by molar-refractivity contribution is 7.76. The Morgan fingerprint density at radius 3 is 2.45 bits per heavy atom. The molecule has 2 aromatic rings. The van der Waals surface area contributed by atoms with E-state index in [2.05, 4.69) is 44.2 Å². The summed E-state index contributed by atoms with van der Waals surface area (Å²) in [5.41, 5.74) is 3.25. The van der Waals surface area contributed by atoms with Crippen molar-refractivity contribution in [1.82, 2.24) is 19.5 Å². The number of methoxy groups -OCH3 is 1. The molecule has 1 aliphatic heterocycles. The van der Waals surface area contributed by atoms with Crippen molar-refractivity contribution in [3.8, 4) is 0 Å². The first kappa shape index (κ1) is 25.4. The second-order valence-corrected chi connectivity index (χ2v) is 8.15. The van der Waals surface area contributed by atoms with Gasteiger partial charge in [0.05, 0.1) is 24.9 Å². The van der Waals surface area contributed by atoms with E-state index in [9.17, 15) is 13.6 Å². The van der Waals surface area contributed by atoms with Gasteiger partial charge in [0, 0.05) is 56.7 Å². The lowest BCUT2D eigenvalue weighted by atomic mass is 10.1. The summed E-state index contributed by atoms with van der Waals surface area (Å²) < 4.78 is 29.2. The molecule has 10 heteroatoms. The van der Waals surface area contributed by atoms with Crippen molar-refractivity contribution in [2.75, 3.05) is 39.8 Å². The number of ether oxygens (including phenoxy) is 1. The number of hydrogen-bond donors (Lipinski definition) is 1. The van der Waals surface area contributed by atoms with Crippen molar-refractivity contribution in [3.05, 3.63) is 65.0 Å². The quantitative estimate of drug-likeness (QED) is 0.441. The lowest BCUT2D eigenvalue weighted by Gasteiger charge is -2.27. The SMILES string of the molecule is COC(=O)c1ccc(CN(CCc2ccc(CN3CCNCC3)cc2)S(=O)[O-])nc1.Cl. The molecule has 2 heterocycles. The summed E-state index contributed by atoms with van der Waals surface area (Å²) >= 11 is -2.36. The maximum Gasteiger partial charge on any atom is 0.339 e. The molecule has 1 aliphatic rings. The molecule has 0 bridgehead atoms. The fourth-order valence-corrected chi connectivity index (χ4v) is 3.81. The molecular weight excluding hydrogens is 440 g/mol. The van der Waals surface area contributed by atoms with Crippen LogP contribution in [-0.4, -0.2) is 68.8 Å². The normalized spacial score (nSPS) is 15.3. The van der Waals surface area contributed by atoms with Crippen molar-refractivity contribution in [2.24, 2.45) is 0 Å². The third-order valence-corrected chi connectivity index (χ3v) is 5.82. The highest BCUT2D eigenvalue weighted by atomic mass is 35.5. The zero-order valence-corrected chi connectivity index (χ0v) is 19.1. The summed E-state index contributed by atoms with van der Waals surface area (Å²) in [5, 5.41) is 3.35. The molecule has 0 spiro atoms. The minimum absolute atomic E-state index is 0. The molecule has 170 valence electrons. The van der Waals surface area contributed by atoms with Gasteiger partial charge in [-0.05, 0) is 29.7 Å². The lowest BCUT2D eigenvalue weighted by Crippen LogP contribution is -2.42. The van der Waals surface area contributed by atoms with E-state index in [0.29, 0.717) is 24.2 Å². The standard InChI is InChI=1S/C21H28N4O4S.ClH/c1-29-21(26)19-6-7-20(23-14-19)16-25(30(27)28)11-8-17-2-4-18(5-3-17)15-24-12-9-22-10-13-24;/h2-7,14,22H,8-13,15-16H2,1H3,(H,27,28);1H/p-1. The summed E-state index contributed by atoms with van der Waals surface area (Å²) in [7, 11) is 1.30. The van der Waals surface area contributed by atoms with Crippen molar-refractivity contribution in [1.29, 1.82) is 0 Å². The van der Waals surface area contributed by atoms with Gasteiger partial charge >= 0.3 is 5.97 Å². The second-order valence-electron chi connectivity index (χ2n) is 7.20. The molecule has 0 amide bonds. The van der Waals surface area contributed by atoms with E-state index in [1.807, 2.05) is 0 Å². The fourth-order valence-electron chi connectivity index (χ4n) is 3.34. The number of pyridine rings is 1. The van der Waals surface area contributed by atoms with Gasteiger partial charge in [0.25, 0.3) is 0 Å². The molecule has 8 nitrogen and oxygen atoms in total. The summed E-state index contributed by atoms with van der Waals surface area (Å²) in [6, 6.07) is 11.6. The highest BCUT2D eigenvalue weighted by Crippen LogP contribution is 2.11. The molecule has 1 fully saturated rings.